The highest BCUT2D eigenvalue weighted by Gasteiger charge is 2.31. The summed E-state index contributed by atoms with van der Waals surface area (Å²) < 4.78 is 40.9. The van der Waals surface area contributed by atoms with Crippen LogP contribution in [0, 0.1) is 0 Å². The fourth-order valence-corrected chi connectivity index (χ4v) is 1.07. The summed E-state index contributed by atoms with van der Waals surface area (Å²) in [6.07, 6.45) is -4.35. The number of nitrogens with one attached hydrogen (secondary N) is 1. The Balaban J connectivity index is 3.92. The monoisotopic (exact) mass is 242 g/mol. The van der Waals surface area contributed by atoms with Crippen molar-refractivity contribution in [1.29, 1.82) is 0 Å². The summed E-state index contributed by atoms with van der Waals surface area (Å²) in [7, 11) is 1.51. The Morgan fingerprint density at radius 1 is 1.44 bits per heavy atom. The van der Waals surface area contributed by atoms with Gasteiger partial charge in [-0.1, -0.05) is 0 Å². The minimum atomic E-state index is -4.35. The highest BCUT2D eigenvalue weighted by molar-refractivity contribution is 5.78. The molecule has 0 saturated carbocycles. The van der Waals surface area contributed by atoms with E-state index in [0.717, 1.165) is 4.90 Å². The Labute approximate surface area is 92.7 Å². The molecule has 4 nitrogen and oxygen atoms in total. The summed E-state index contributed by atoms with van der Waals surface area (Å²) in [6, 6.07) is 0. The summed E-state index contributed by atoms with van der Waals surface area (Å²) in [5, 5.41) is 2.70. The van der Waals surface area contributed by atoms with Gasteiger partial charge in [0.1, 0.15) is 6.54 Å². The number of carbonyl (C=O) groups is 1. The zero-order chi connectivity index (χ0) is 12.6. The van der Waals surface area contributed by atoms with Crippen LogP contribution in [-0.2, 0) is 9.53 Å². The van der Waals surface area contributed by atoms with E-state index in [9.17, 15) is 18.0 Å². The van der Waals surface area contributed by atoms with Crippen LogP contribution in [-0.4, -0.2) is 56.9 Å². The minimum Gasteiger partial charge on any atom is -0.383 e. The van der Waals surface area contributed by atoms with Gasteiger partial charge < -0.3 is 15.0 Å². The van der Waals surface area contributed by atoms with Gasteiger partial charge in [-0.05, 0) is 6.92 Å². The number of rotatable bonds is 7. The average Bonchev–Trinajstić information content (AvgIpc) is 2.19. The normalized spacial score (nSPS) is 11.6. The predicted molar refractivity (Wildman–Crippen MR) is 53.1 cm³/mol. The third kappa shape index (κ3) is 7.47. The molecule has 0 aliphatic heterocycles. The summed E-state index contributed by atoms with van der Waals surface area (Å²) in [5.74, 6) is -0.559. The number of nitrogens with zero attached hydrogens (tertiary/aromatic N) is 1. The Kier molecular flexibility index (Phi) is 7.07. The van der Waals surface area contributed by atoms with Crippen molar-refractivity contribution in [3.63, 3.8) is 0 Å². The van der Waals surface area contributed by atoms with E-state index in [2.05, 4.69) is 5.32 Å². The molecular weight excluding hydrogens is 225 g/mol. The predicted octanol–water partition coefficient (Wildman–Crippen LogP) is 0.633. The van der Waals surface area contributed by atoms with Crippen molar-refractivity contribution in [2.24, 2.45) is 0 Å². The van der Waals surface area contributed by atoms with Crippen LogP contribution in [0.5, 0.6) is 0 Å². The van der Waals surface area contributed by atoms with Crippen molar-refractivity contribution >= 4 is 5.91 Å². The van der Waals surface area contributed by atoms with E-state index in [0.29, 0.717) is 13.2 Å². The number of alkyl halides is 3. The van der Waals surface area contributed by atoms with Crippen LogP contribution in [0.4, 0.5) is 13.2 Å². The number of hydrogen-bond acceptors (Lipinski definition) is 3. The Hall–Kier alpha value is -0.820. The molecular formula is C9H17F3N2O2. The molecule has 0 saturated heterocycles. The molecule has 0 aromatic heterocycles. The molecule has 0 rings (SSSR count). The highest BCUT2D eigenvalue weighted by atomic mass is 19.4. The van der Waals surface area contributed by atoms with Crippen LogP contribution in [0.25, 0.3) is 0 Å². The summed E-state index contributed by atoms with van der Waals surface area (Å²) in [6.45, 7) is 1.11. The summed E-state index contributed by atoms with van der Waals surface area (Å²) in [4.78, 5) is 12.1. The topological polar surface area (TPSA) is 41.6 Å². The summed E-state index contributed by atoms with van der Waals surface area (Å²) >= 11 is 0. The molecule has 0 heterocycles. The third-order valence-electron chi connectivity index (χ3n) is 1.86. The van der Waals surface area contributed by atoms with Crippen molar-refractivity contribution in [3.05, 3.63) is 0 Å². The van der Waals surface area contributed by atoms with Gasteiger partial charge in [0.2, 0.25) is 5.91 Å². The van der Waals surface area contributed by atoms with Gasteiger partial charge in [0, 0.05) is 20.2 Å². The van der Waals surface area contributed by atoms with Crippen LogP contribution in [0.3, 0.4) is 0 Å². The zero-order valence-corrected chi connectivity index (χ0v) is 9.43. The van der Waals surface area contributed by atoms with Crippen LogP contribution in [0.2, 0.25) is 0 Å². The van der Waals surface area contributed by atoms with Gasteiger partial charge in [-0.15, -0.1) is 0 Å². The maximum absolute atomic E-state index is 12.1. The first-order valence-electron chi connectivity index (χ1n) is 4.95. The SMILES string of the molecule is CCN(CC(F)(F)F)C(=O)CNCCOC. The maximum atomic E-state index is 12.1. The molecule has 0 aliphatic carbocycles. The Bertz CT molecular complexity index is 209. The molecule has 1 amide bonds. The quantitative estimate of drug-likeness (QED) is 0.666. The highest BCUT2D eigenvalue weighted by Crippen LogP contribution is 2.16. The van der Waals surface area contributed by atoms with Crippen molar-refractivity contribution in [2.45, 2.75) is 13.1 Å². The molecule has 0 bridgehead atoms. The van der Waals surface area contributed by atoms with E-state index in [-0.39, 0.29) is 13.1 Å². The van der Waals surface area contributed by atoms with E-state index in [4.69, 9.17) is 4.74 Å². The van der Waals surface area contributed by atoms with E-state index >= 15 is 0 Å². The van der Waals surface area contributed by atoms with E-state index in [1.165, 1.54) is 14.0 Å². The lowest BCUT2D eigenvalue weighted by Crippen LogP contribution is -2.43. The molecule has 0 aromatic carbocycles. The Morgan fingerprint density at radius 2 is 2.06 bits per heavy atom. The van der Waals surface area contributed by atoms with E-state index in [1.807, 2.05) is 0 Å². The minimum absolute atomic E-state index is 0.0459. The van der Waals surface area contributed by atoms with Crippen molar-refractivity contribution < 1.29 is 22.7 Å². The molecule has 16 heavy (non-hydrogen) atoms. The molecule has 1 N–H and O–H groups in total. The lowest BCUT2D eigenvalue weighted by Gasteiger charge is -2.22. The molecule has 0 spiro atoms. The van der Waals surface area contributed by atoms with Gasteiger partial charge in [0.05, 0.1) is 13.2 Å². The van der Waals surface area contributed by atoms with Gasteiger partial charge in [0.15, 0.2) is 0 Å². The smallest absolute Gasteiger partial charge is 0.383 e. The van der Waals surface area contributed by atoms with Crippen molar-refractivity contribution in [3.8, 4) is 0 Å². The number of hydrogen-bond donors (Lipinski definition) is 1. The molecule has 0 aromatic rings. The first-order chi connectivity index (χ1) is 7.40. The fourth-order valence-electron chi connectivity index (χ4n) is 1.07. The number of methoxy groups -OCH3 is 1. The molecule has 0 unspecified atom stereocenters. The van der Waals surface area contributed by atoms with Gasteiger partial charge in [-0.3, -0.25) is 4.79 Å². The van der Waals surface area contributed by atoms with E-state index in [1.54, 1.807) is 0 Å². The second kappa shape index (κ2) is 7.45. The standard InChI is InChI=1S/C9H17F3N2O2/c1-3-14(7-9(10,11)12)8(15)6-13-4-5-16-2/h13H,3-7H2,1-2H3. The lowest BCUT2D eigenvalue weighted by molar-refractivity contribution is -0.160. The van der Waals surface area contributed by atoms with Gasteiger partial charge in [-0.2, -0.15) is 13.2 Å². The van der Waals surface area contributed by atoms with Crippen LogP contribution < -0.4 is 5.32 Å². The second-order valence-corrected chi connectivity index (χ2v) is 3.19. The molecule has 0 atom stereocenters. The molecule has 0 aliphatic rings. The first kappa shape index (κ1) is 15.2. The van der Waals surface area contributed by atoms with Gasteiger partial charge >= 0.3 is 6.18 Å². The number of amides is 1. The second-order valence-electron chi connectivity index (χ2n) is 3.19. The maximum Gasteiger partial charge on any atom is 0.406 e. The van der Waals surface area contributed by atoms with Crippen LogP contribution in [0.1, 0.15) is 6.92 Å². The van der Waals surface area contributed by atoms with E-state index < -0.39 is 18.6 Å². The third-order valence-corrected chi connectivity index (χ3v) is 1.86. The zero-order valence-electron chi connectivity index (χ0n) is 9.43. The largest absolute Gasteiger partial charge is 0.406 e. The van der Waals surface area contributed by atoms with Gasteiger partial charge in [-0.25, -0.2) is 0 Å². The number of halogens is 3. The molecule has 0 radical (unpaired) electrons. The summed E-state index contributed by atoms with van der Waals surface area (Å²) in [5.41, 5.74) is 0. The Morgan fingerprint density at radius 3 is 2.50 bits per heavy atom. The first-order valence-corrected chi connectivity index (χ1v) is 4.95. The van der Waals surface area contributed by atoms with Crippen LogP contribution >= 0.6 is 0 Å². The molecule has 0 fully saturated rings. The fraction of sp³-hybridized carbons (Fsp3) is 0.889. The van der Waals surface area contributed by atoms with Crippen LogP contribution in [0.15, 0.2) is 0 Å². The van der Waals surface area contributed by atoms with Crippen molar-refractivity contribution in [2.75, 3.05) is 39.9 Å². The van der Waals surface area contributed by atoms with Gasteiger partial charge in [0.25, 0.3) is 0 Å². The number of likely N-dealkylation sites (N-methyl/N-ethyl adjacent to an activating group) is 1. The number of ether oxygens (including phenoxy) is 1. The lowest BCUT2D eigenvalue weighted by atomic mass is 10.4. The van der Waals surface area contributed by atoms with Crippen molar-refractivity contribution in [1.82, 2.24) is 10.2 Å². The number of carbonyl (C=O) groups excluding carboxylic acids is 1. The average molecular weight is 242 g/mol. The molecule has 96 valence electrons. The molecule has 7 heteroatoms.